The van der Waals surface area contributed by atoms with E-state index in [1.807, 2.05) is 36.4 Å². The normalized spacial score (nSPS) is 21.0. The second-order valence-corrected chi connectivity index (χ2v) is 11.1. The van der Waals surface area contributed by atoms with Gasteiger partial charge >= 0.3 is 5.97 Å². The minimum absolute atomic E-state index is 0.0397. The van der Waals surface area contributed by atoms with Crippen molar-refractivity contribution in [2.75, 3.05) is 0 Å². The van der Waals surface area contributed by atoms with Gasteiger partial charge in [-0.1, -0.05) is 124 Å². The Hall–Kier alpha value is -3.17. The number of nitrogens with one attached hydrogen (secondary N) is 1. The molecule has 0 bridgehead atoms. The van der Waals surface area contributed by atoms with Crippen LogP contribution >= 0.6 is 0 Å². The number of ether oxygens (including phenoxy) is 1. The molecule has 0 amide bonds. The van der Waals surface area contributed by atoms with Gasteiger partial charge in [0.2, 0.25) is 0 Å². The van der Waals surface area contributed by atoms with Crippen LogP contribution in [0, 0.1) is 11.8 Å². The van der Waals surface area contributed by atoms with Crippen molar-refractivity contribution in [1.82, 2.24) is 5.32 Å². The molecule has 1 aliphatic carbocycles. The highest BCUT2D eigenvalue weighted by molar-refractivity contribution is 5.71. The smallest absolute Gasteiger partial charge is 0.307 e. The first-order valence-electron chi connectivity index (χ1n) is 13.7. The second-order valence-electron chi connectivity index (χ2n) is 11.1. The summed E-state index contributed by atoms with van der Waals surface area (Å²) in [6.45, 7) is 7.59. The molecular formula is C34H41NO2. The Kier molecular flexibility index (Phi) is 9.35. The quantitative estimate of drug-likeness (QED) is 0.295. The van der Waals surface area contributed by atoms with E-state index in [0.717, 1.165) is 24.8 Å². The molecule has 0 radical (unpaired) electrons. The zero-order chi connectivity index (χ0) is 26.1. The first kappa shape index (κ1) is 26.9. The summed E-state index contributed by atoms with van der Waals surface area (Å²) in [6, 6.07) is 31.1. The van der Waals surface area contributed by atoms with Gasteiger partial charge in [-0.15, -0.1) is 0 Å². The molecule has 1 fully saturated rings. The molecule has 0 spiro atoms. The van der Waals surface area contributed by atoms with Gasteiger partial charge in [-0.05, 0) is 53.2 Å². The number of carbonyl (C=O) groups excluding carboxylic acids is 1. The number of rotatable bonds is 10. The van der Waals surface area contributed by atoms with Crippen molar-refractivity contribution in [2.45, 2.75) is 70.6 Å². The van der Waals surface area contributed by atoms with Gasteiger partial charge in [0.05, 0.1) is 6.42 Å². The lowest BCUT2D eigenvalue weighted by Crippen LogP contribution is -2.40. The molecule has 1 saturated carbocycles. The van der Waals surface area contributed by atoms with Crippen LogP contribution < -0.4 is 5.32 Å². The number of benzene rings is 3. The Morgan fingerprint density at radius 3 is 2.24 bits per heavy atom. The maximum Gasteiger partial charge on any atom is 0.307 e. The Labute approximate surface area is 223 Å². The minimum Gasteiger partial charge on any atom is -0.462 e. The fourth-order valence-electron chi connectivity index (χ4n) is 5.44. The third-order valence-electron chi connectivity index (χ3n) is 8.06. The SMILES string of the molecule is C[C@H]1CC[C@@H](C(C)(C)c2ccccc2)C[C@H]1OC(=O)C[C@H](/C=C/c1ccccc1)NCc1ccccc1. The highest BCUT2D eigenvalue weighted by Crippen LogP contribution is 2.43. The van der Waals surface area contributed by atoms with E-state index in [9.17, 15) is 4.79 Å². The van der Waals surface area contributed by atoms with Crippen LogP contribution in [0.5, 0.6) is 0 Å². The molecule has 3 aromatic carbocycles. The van der Waals surface area contributed by atoms with Crippen LogP contribution in [0.3, 0.4) is 0 Å². The molecule has 0 unspecified atom stereocenters. The van der Waals surface area contributed by atoms with Gasteiger partial charge in [0.15, 0.2) is 0 Å². The Bertz CT molecular complexity index is 1120. The summed E-state index contributed by atoms with van der Waals surface area (Å²) in [5.41, 5.74) is 3.72. The molecule has 0 heterocycles. The van der Waals surface area contributed by atoms with E-state index in [1.165, 1.54) is 11.1 Å². The lowest BCUT2D eigenvalue weighted by atomic mass is 9.65. The highest BCUT2D eigenvalue weighted by Gasteiger charge is 2.39. The topological polar surface area (TPSA) is 38.3 Å². The maximum absolute atomic E-state index is 13.2. The Morgan fingerprint density at radius 1 is 0.946 bits per heavy atom. The van der Waals surface area contributed by atoms with Gasteiger partial charge in [-0.25, -0.2) is 0 Å². The van der Waals surface area contributed by atoms with E-state index in [0.29, 0.717) is 24.8 Å². The summed E-state index contributed by atoms with van der Waals surface area (Å²) >= 11 is 0. The fourth-order valence-corrected chi connectivity index (χ4v) is 5.44. The van der Waals surface area contributed by atoms with E-state index in [-0.39, 0.29) is 23.5 Å². The van der Waals surface area contributed by atoms with Crippen molar-refractivity contribution in [3.8, 4) is 0 Å². The highest BCUT2D eigenvalue weighted by atomic mass is 16.5. The number of hydrogen-bond donors (Lipinski definition) is 1. The molecule has 4 atom stereocenters. The van der Waals surface area contributed by atoms with Gasteiger partial charge in [0.1, 0.15) is 6.10 Å². The lowest BCUT2D eigenvalue weighted by Gasteiger charge is -2.42. The summed E-state index contributed by atoms with van der Waals surface area (Å²) < 4.78 is 6.19. The molecule has 1 aliphatic rings. The molecule has 3 heteroatoms. The van der Waals surface area contributed by atoms with E-state index in [2.05, 4.69) is 92.8 Å². The predicted molar refractivity (Wildman–Crippen MR) is 153 cm³/mol. The summed E-state index contributed by atoms with van der Waals surface area (Å²) in [5, 5.41) is 3.55. The van der Waals surface area contributed by atoms with Crippen LogP contribution in [-0.2, 0) is 21.5 Å². The second kappa shape index (κ2) is 12.9. The fraction of sp³-hybridized carbons (Fsp3) is 0.382. The summed E-state index contributed by atoms with van der Waals surface area (Å²) in [7, 11) is 0. The zero-order valence-electron chi connectivity index (χ0n) is 22.5. The summed E-state index contributed by atoms with van der Waals surface area (Å²) in [5.74, 6) is 0.731. The first-order valence-corrected chi connectivity index (χ1v) is 13.7. The average Bonchev–Trinajstić information content (AvgIpc) is 2.93. The molecule has 0 aromatic heterocycles. The van der Waals surface area contributed by atoms with Crippen LogP contribution in [0.4, 0.5) is 0 Å². The maximum atomic E-state index is 13.2. The van der Waals surface area contributed by atoms with E-state index in [4.69, 9.17) is 4.74 Å². The van der Waals surface area contributed by atoms with Gasteiger partial charge < -0.3 is 10.1 Å². The Balaban J connectivity index is 1.40. The van der Waals surface area contributed by atoms with Crippen molar-refractivity contribution >= 4 is 12.0 Å². The largest absolute Gasteiger partial charge is 0.462 e. The van der Waals surface area contributed by atoms with E-state index in [1.54, 1.807) is 0 Å². The monoisotopic (exact) mass is 495 g/mol. The third-order valence-corrected chi connectivity index (χ3v) is 8.06. The molecule has 194 valence electrons. The number of carbonyl (C=O) groups is 1. The number of hydrogen-bond acceptors (Lipinski definition) is 3. The summed E-state index contributed by atoms with van der Waals surface area (Å²) in [4.78, 5) is 13.2. The molecule has 37 heavy (non-hydrogen) atoms. The predicted octanol–water partition coefficient (Wildman–Crippen LogP) is 7.57. The standard InChI is InChI=1S/C34H41NO2/c1-26-19-21-30(34(2,3)29-17-11-6-12-18-29)23-32(26)37-33(36)24-31(22-20-27-13-7-4-8-14-27)35-25-28-15-9-5-10-16-28/h4-18,20,22,26,30-32,35H,19,21,23-25H2,1-3H3/b22-20+/t26-,30+,31-,32+/m0/s1. The van der Waals surface area contributed by atoms with Gasteiger partial charge in [-0.2, -0.15) is 0 Å². The van der Waals surface area contributed by atoms with Crippen molar-refractivity contribution in [3.05, 3.63) is 114 Å². The van der Waals surface area contributed by atoms with Crippen LogP contribution in [0.1, 0.15) is 63.1 Å². The van der Waals surface area contributed by atoms with E-state index >= 15 is 0 Å². The number of esters is 1. The minimum atomic E-state index is -0.127. The molecule has 0 saturated heterocycles. The van der Waals surface area contributed by atoms with Gasteiger partial charge in [-0.3, -0.25) is 4.79 Å². The lowest BCUT2D eigenvalue weighted by molar-refractivity contribution is -0.155. The molecule has 3 nitrogen and oxygen atoms in total. The average molecular weight is 496 g/mol. The van der Waals surface area contributed by atoms with Crippen LogP contribution in [-0.4, -0.2) is 18.1 Å². The molecular weight excluding hydrogens is 454 g/mol. The zero-order valence-corrected chi connectivity index (χ0v) is 22.5. The Morgan fingerprint density at radius 2 is 1.57 bits per heavy atom. The van der Waals surface area contributed by atoms with Gasteiger partial charge in [0.25, 0.3) is 0 Å². The summed E-state index contributed by atoms with van der Waals surface area (Å²) in [6.07, 6.45) is 7.61. The molecule has 4 rings (SSSR count). The van der Waals surface area contributed by atoms with Crippen molar-refractivity contribution in [2.24, 2.45) is 11.8 Å². The molecule has 3 aromatic rings. The van der Waals surface area contributed by atoms with Crippen molar-refractivity contribution in [1.29, 1.82) is 0 Å². The van der Waals surface area contributed by atoms with Crippen LogP contribution in [0.2, 0.25) is 0 Å². The van der Waals surface area contributed by atoms with Gasteiger partial charge in [0, 0.05) is 12.6 Å². The van der Waals surface area contributed by atoms with E-state index < -0.39 is 0 Å². The van der Waals surface area contributed by atoms with Crippen molar-refractivity contribution in [3.63, 3.8) is 0 Å². The molecule has 0 aliphatic heterocycles. The molecule has 1 N–H and O–H groups in total. The van der Waals surface area contributed by atoms with Crippen LogP contribution in [0.25, 0.3) is 6.08 Å². The third kappa shape index (κ3) is 7.66. The van der Waals surface area contributed by atoms with Crippen molar-refractivity contribution < 1.29 is 9.53 Å². The van der Waals surface area contributed by atoms with Crippen LogP contribution in [0.15, 0.2) is 97.1 Å². The first-order chi connectivity index (χ1) is 17.9.